The number of aryl methyl sites for hydroxylation is 1. The van der Waals surface area contributed by atoms with Crippen LogP contribution < -0.4 is 5.32 Å². The standard InChI is InChI=1S/C15H13F3N6/c1-8-6-19-5-4-10(8)24-7-20-11-12(21-9-2-3-9)22-14(15(16,17)18)23-13(11)24/h4-7,9H,2-3H2,1H3,(H,21,22,23). The van der Waals surface area contributed by atoms with E-state index in [0.29, 0.717) is 11.2 Å². The lowest BCUT2D eigenvalue weighted by molar-refractivity contribution is -0.144. The van der Waals surface area contributed by atoms with Crippen molar-refractivity contribution in [3.63, 3.8) is 0 Å². The molecular weight excluding hydrogens is 321 g/mol. The largest absolute Gasteiger partial charge is 0.451 e. The Kier molecular flexibility index (Phi) is 3.19. The summed E-state index contributed by atoms with van der Waals surface area (Å²) < 4.78 is 41.1. The van der Waals surface area contributed by atoms with E-state index in [-0.39, 0.29) is 17.5 Å². The summed E-state index contributed by atoms with van der Waals surface area (Å²) in [5, 5.41) is 3.01. The summed E-state index contributed by atoms with van der Waals surface area (Å²) >= 11 is 0. The number of nitrogens with one attached hydrogen (secondary N) is 1. The molecule has 0 spiro atoms. The Morgan fingerprint density at radius 2 is 2.04 bits per heavy atom. The highest BCUT2D eigenvalue weighted by molar-refractivity contribution is 5.84. The highest BCUT2D eigenvalue weighted by Gasteiger charge is 2.37. The summed E-state index contributed by atoms with van der Waals surface area (Å²) in [5.41, 5.74) is 1.93. The van der Waals surface area contributed by atoms with E-state index in [1.165, 1.54) is 10.9 Å². The van der Waals surface area contributed by atoms with Crippen LogP contribution in [0.15, 0.2) is 24.8 Å². The predicted octanol–water partition coefficient (Wildman–Crippen LogP) is 3.11. The smallest absolute Gasteiger partial charge is 0.365 e. The first-order valence-corrected chi connectivity index (χ1v) is 7.43. The van der Waals surface area contributed by atoms with Crippen molar-refractivity contribution in [1.29, 1.82) is 0 Å². The van der Waals surface area contributed by atoms with Crippen LogP contribution in [-0.4, -0.2) is 30.5 Å². The van der Waals surface area contributed by atoms with Crippen molar-refractivity contribution in [2.75, 3.05) is 5.32 Å². The Balaban J connectivity index is 1.95. The first-order chi connectivity index (χ1) is 11.4. The molecule has 1 N–H and O–H groups in total. The molecular formula is C15H13F3N6. The van der Waals surface area contributed by atoms with E-state index in [1.807, 2.05) is 6.92 Å². The number of fused-ring (bicyclic) bond motifs is 1. The molecule has 3 heterocycles. The molecule has 124 valence electrons. The van der Waals surface area contributed by atoms with E-state index < -0.39 is 12.0 Å². The van der Waals surface area contributed by atoms with Crippen molar-refractivity contribution >= 4 is 17.0 Å². The average Bonchev–Trinajstić information content (AvgIpc) is 3.23. The summed E-state index contributed by atoms with van der Waals surface area (Å²) in [6.07, 6.45) is 1.87. The minimum Gasteiger partial charge on any atom is -0.365 e. The van der Waals surface area contributed by atoms with Gasteiger partial charge < -0.3 is 5.32 Å². The number of pyridine rings is 1. The molecule has 3 aromatic heterocycles. The second-order valence-corrected chi connectivity index (χ2v) is 5.76. The molecule has 0 amide bonds. The Hall–Kier alpha value is -2.71. The molecule has 0 radical (unpaired) electrons. The first-order valence-electron chi connectivity index (χ1n) is 7.43. The Morgan fingerprint density at radius 3 is 2.71 bits per heavy atom. The van der Waals surface area contributed by atoms with Gasteiger partial charge in [0.05, 0.1) is 5.69 Å². The van der Waals surface area contributed by atoms with Crippen molar-refractivity contribution in [2.24, 2.45) is 0 Å². The van der Waals surface area contributed by atoms with Crippen molar-refractivity contribution in [1.82, 2.24) is 24.5 Å². The molecule has 1 fully saturated rings. The Labute approximate surface area is 134 Å². The zero-order valence-electron chi connectivity index (χ0n) is 12.7. The summed E-state index contributed by atoms with van der Waals surface area (Å²) in [5.74, 6) is -1.05. The zero-order valence-corrected chi connectivity index (χ0v) is 12.7. The van der Waals surface area contributed by atoms with Crippen LogP contribution in [0.3, 0.4) is 0 Å². The van der Waals surface area contributed by atoms with E-state index in [9.17, 15) is 13.2 Å². The quantitative estimate of drug-likeness (QED) is 0.797. The summed E-state index contributed by atoms with van der Waals surface area (Å²) in [6, 6.07) is 1.86. The van der Waals surface area contributed by atoms with Crippen LogP contribution in [0.25, 0.3) is 16.9 Å². The zero-order chi connectivity index (χ0) is 16.9. The molecule has 6 nitrogen and oxygen atoms in total. The maximum atomic E-state index is 13.2. The molecule has 0 aliphatic heterocycles. The molecule has 1 aliphatic carbocycles. The fourth-order valence-corrected chi connectivity index (χ4v) is 2.46. The molecule has 3 aromatic rings. The first kappa shape index (κ1) is 14.9. The number of imidazole rings is 1. The highest BCUT2D eigenvalue weighted by Crippen LogP contribution is 2.33. The lowest BCUT2D eigenvalue weighted by atomic mass is 10.2. The van der Waals surface area contributed by atoms with Crippen molar-refractivity contribution < 1.29 is 13.2 Å². The maximum absolute atomic E-state index is 13.2. The average molecular weight is 334 g/mol. The molecule has 1 saturated carbocycles. The van der Waals surface area contributed by atoms with Gasteiger partial charge in [-0.1, -0.05) is 0 Å². The van der Waals surface area contributed by atoms with Gasteiger partial charge >= 0.3 is 6.18 Å². The SMILES string of the molecule is Cc1cnccc1-n1cnc2c(NC3CC3)nc(C(F)(F)F)nc21. The van der Waals surface area contributed by atoms with Crippen LogP contribution in [-0.2, 0) is 6.18 Å². The third-order valence-corrected chi connectivity index (χ3v) is 3.82. The van der Waals surface area contributed by atoms with Crippen molar-refractivity contribution in [3.05, 3.63) is 36.2 Å². The van der Waals surface area contributed by atoms with Gasteiger partial charge in [0.15, 0.2) is 17.0 Å². The van der Waals surface area contributed by atoms with E-state index in [2.05, 4.69) is 25.3 Å². The number of anilines is 1. The van der Waals surface area contributed by atoms with Crippen LogP contribution in [0, 0.1) is 6.92 Å². The van der Waals surface area contributed by atoms with Gasteiger partial charge in [0, 0.05) is 18.4 Å². The topological polar surface area (TPSA) is 68.5 Å². The van der Waals surface area contributed by atoms with Gasteiger partial charge in [-0.05, 0) is 31.4 Å². The van der Waals surface area contributed by atoms with Crippen molar-refractivity contribution in [2.45, 2.75) is 32.0 Å². The minimum atomic E-state index is -4.63. The number of hydrogen-bond donors (Lipinski definition) is 1. The Morgan fingerprint density at radius 1 is 1.25 bits per heavy atom. The molecule has 24 heavy (non-hydrogen) atoms. The van der Waals surface area contributed by atoms with Crippen molar-refractivity contribution in [3.8, 4) is 5.69 Å². The summed E-state index contributed by atoms with van der Waals surface area (Å²) in [6.45, 7) is 1.82. The number of nitrogens with zero attached hydrogens (tertiary/aromatic N) is 5. The predicted molar refractivity (Wildman–Crippen MR) is 80.8 cm³/mol. The molecule has 4 rings (SSSR count). The number of halogens is 3. The molecule has 0 unspecified atom stereocenters. The Bertz CT molecular complexity index is 913. The normalized spacial score (nSPS) is 15.0. The van der Waals surface area contributed by atoms with Crippen LogP contribution >= 0.6 is 0 Å². The molecule has 0 atom stereocenters. The van der Waals surface area contributed by atoms with Gasteiger partial charge in [0.1, 0.15) is 6.33 Å². The number of hydrogen-bond acceptors (Lipinski definition) is 5. The van der Waals surface area contributed by atoms with Crippen LogP contribution in [0.1, 0.15) is 24.2 Å². The van der Waals surface area contributed by atoms with Gasteiger partial charge in [-0.2, -0.15) is 13.2 Å². The van der Waals surface area contributed by atoms with E-state index in [1.54, 1.807) is 18.5 Å². The lowest BCUT2D eigenvalue weighted by Gasteiger charge is -2.11. The third-order valence-electron chi connectivity index (χ3n) is 3.82. The van der Waals surface area contributed by atoms with E-state index in [0.717, 1.165) is 18.4 Å². The molecule has 0 bridgehead atoms. The molecule has 0 saturated heterocycles. The lowest BCUT2D eigenvalue weighted by Crippen LogP contribution is -2.15. The minimum absolute atomic E-state index is 0.120. The maximum Gasteiger partial charge on any atom is 0.451 e. The fraction of sp³-hybridized carbons (Fsp3) is 0.333. The molecule has 9 heteroatoms. The van der Waals surface area contributed by atoms with Crippen LogP contribution in [0.2, 0.25) is 0 Å². The number of rotatable bonds is 3. The summed E-state index contributed by atoms with van der Waals surface area (Å²) in [7, 11) is 0. The molecule has 1 aliphatic rings. The highest BCUT2D eigenvalue weighted by atomic mass is 19.4. The second-order valence-electron chi connectivity index (χ2n) is 5.76. The van der Waals surface area contributed by atoms with Crippen LogP contribution in [0.4, 0.5) is 19.0 Å². The number of aromatic nitrogens is 5. The van der Waals surface area contributed by atoms with Crippen LogP contribution in [0.5, 0.6) is 0 Å². The third kappa shape index (κ3) is 2.55. The summed E-state index contributed by atoms with van der Waals surface area (Å²) in [4.78, 5) is 15.6. The van der Waals surface area contributed by atoms with Gasteiger partial charge in [-0.3, -0.25) is 9.55 Å². The van der Waals surface area contributed by atoms with E-state index in [4.69, 9.17) is 0 Å². The number of alkyl halides is 3. The monoisotopic (exact) mass is 334 g/mol. The van der Waals surface area contributed by atoms with Gasteiger partial charge in [-0.25, -0.2) is 15.0 Å². The van der Waals surface area contributed by atoms with Gasteiger partial charge in [-0.15, -0.1) is 0 Å². The van der Waals surface area contributed by atoms with E-state index >= 15 is 0 Å². The van der Waals surface area contributed by atoms with Gasteiger partial charge in [0.25, 0.3) is 0 Å². The molecule has 0 aromatic carbocycles. The fourth-order valence-electron chi connectivity index (χ4n) is 2.46. The second kappa shape index (κ2) is 5.15. The van der Waals surface area contributed by atoms with Gasteiger partial charge in [0.2, 0.25) is 5.82 Å².